The molecule has 0 saturated heterocycles. The van der Waals surface area contributed by atoms with E-state index in [2.05, 4.69) is 0 Å². The number of benzene rings is 2. The molecule has 7 nitrogen and oxygen atoms in total. The van der Waals surface area contributed by atoms with Gasteiger partial charge in [-0.3, -0.25) is 14.9 Å². The van der Waals surface area contributed by atoms with Crippen molar-refractivity contribution in [3.8, 4) is 11.5 Å². The number of amides is 1. The second-order valence-corrected chi connectivity index (χ2v) is 5.40. The number of carbonyl (C=O) groups is 1. The van der Waals surface area contributed by atoms with Crippen molar-refractivity contribution < 1.29 is 19.2 Å². The summed E-state index contributed by atoms with van der Waals surface area (Å²) in [5, 5.41) is 11.0. The summed E-state index contributed by atoms with van der Waals surface area (Å²) in [4.78, 5) is 24.3. The Balaban J connectivity index is 1.85. The standard InChI is InChI=1S/C18H20N2O5/c1-19(11-12-25-16-9-7-15(24-2)8-10-16)18(21)13-14-5-3-4-6-17(14)20(22)23/h3-10H,11-13H2,1-2H3. The predicted molar refractivity (Wildman–Crippen MR) is 92.9 cm³/mol. The molecule has 7 heteroatoms. The van der Waals surface area contributed by atoms with Crippen molar-refractivity contribution in [3.63, 3.8) is 0 Å². The third-order valence-electron chi connectivity index (χ3n) is 3.71. The van der Waals surface area contributed by atoms with E-state index >= 15 is 0 Å². The fourth-order valence-electron chi connectivity index (χ4n) is 2.23. The van der Waals surface area contributed by atoms with Crippen molar-refractivity contribution in [2.75, 3.05) is 27.3 Å². The van der Waals surface area contributed by atoms with Gasteiger partial charge < -0.3 is 14.4 Å². The summed E-state index contributed by atoms with van der Waals surface area (Å²) in [5.41, 5.74) is 0.360. The minimum atomic E-state index is -0.477. The Labute approximate surface area is 145 Å². The molecule has 0 atom stereocenters. The number of hydrogen-bond donors (Lipinski definition) is 0. The van der Waals surface area contributed by atoms with Crippen molar-refractivity contribution in [1.29, 1.82) is 0 Å². The summed E-state index contributed by atoms with van der Waals surface area (Å²) in [5.74, 6) is 1.22. The first kappa shape index (κ1) is 18.3. The van der Waals surface area contributed by atoms with E-state index < -0.39 is 4.92 Å². The number of para-hydroxylation sites is 1. The zero-order valence-electron chi connectivity index (χ0n) is 14.2. The molecule has 0 unspecified atom stereocenters. The highest BCUT2D eigenvalue weighted by molar-refractivity contribution is 5.79. The molecule has 0 aromatic heterocycles. The van der Waals surface area contributed by atoms with Crippen LogP contribution in [0.4, 0.5) is 5.69 Å². The van der Waals surface area contributed by atoms with E-state index in [9.17, 15) is 14.9 Å². The van der Waals surface area contributed by atoms with Crippen LogP contribution in [0.15, 0.2) is 48.5 Å². The van der Waals surface area contributed by atoms with Crippen molar-refractivity contribution in [2.24, 2.45) is 0 Å². The second-order valence-electron chi connectivity index (χ2n) is 5.40. The van der Waals surface area contributed by atoms with Crippen LogP contribution in [0.25, 0.3) is 0 Å². The first-order valence-corrected chi connectivity index (χ1v) is 7.74. The number of carbonyl (C=O) groups excluding carboxylic acids is 1. The minimum absolute atomic E-state index is 0.0177. The Morgan fingerprint density at radius 2 is 1.76 bits per heavy atom. The number of nitrogens with zero attached hydrogens (tertiary/aromatic N) is 2. The number of hydrogen-bond acceptors (Lipinski definition) is 5. The zero-order chi connectivity index (χ0) is 18.2. The van der Waals surface area contributed by atoms with Gasteiger partial charge in [-0.15, -0.1) is 0 Å². The van der Waals surface area contributed by atoms with Crippen LogP contribution in [0, 0.1) is 10.1 Å². The van der Waals surface area contributed by atoms with E-state index in [-0.39, 0.29) is 18.0 Å². The van der Waals surface area contributed by atoms with Crippen LogP contribution in [0.1, 0.15) is 5.56 Å². The van der Waals surface area contributed by atoms with E-state index in [0.717, 1.165) is 5.75 Å². The summed E-state index contributed by atoms with van der Waals surface area (Å²) in [6.45, 7) is 0.705. The highest BCUT2D eigenvalue weighted by Crippen LogP contribution is 2.19. The molecule has 1 amide bonds. The Kier molecular flexibility index (Phi) is 6.33. The van der Waals surface area contributed by atoms with E-state index in [1.165, 1.54) is 11.0 Å². The molecule has 0 fully saturated rings. The third kappa shape index (κ3) is 5.20. The summed E-state index contributed by atoms with van der Waals surface area (Å²) in [7, 11) is 3.24. The Hall–Kier alpha value is -3.09. The maximum atomic E-state index is 12.2. The number of ether oxygens (including phenoxy) is 2. The second kappa shape index (κ2) is 8.68. The molecule has 0 radical (unpaired) electrons. The fourth-order valence-corrected chi connectivity index (χ4v) is 2.23. The molecule has 0 aliphatic rings. The summed E-state index contributed by atoms with van der Waals surface area (Å²) in [6.07, 6.45) is -0.0177. The van der Waals surface area contributed by atoms with E-state index in [0.29, 0.717) is 24.5 Å². The molecule has 2 aromatic carbocycles. The Morgan fingerprint density at radius 3 is 2.40 bits per heavy atom. The van der Waals surface area contributed by atoms with Crippen LogP contribution in [-0.2, 0) is 11.2 Å². The van der Waals surface area contributed by atoms with Gasteiger partial charge in [-0.2, -0.15) is 0 Å². The molecule has 0 aliphatic carbocycles. The lowest BCUT2D eigenvalue weighted by Crippen LogP contribution is -2.32. The molecule has 25 heavy (non-hydrogen) atoms. The van der Waals surface area contributed by atoms with E-state index in [1.54, 1.807) is 56.6 Å². The number of nitro groups is 1. The predicted octanol–water partition coefficient (Wildman–Crippen LogP) is 2.68. The third-order valence-corrected chi connectivity index (χ3v) is 3.71. The SMILES string of the molecule is COc1ccc(OCCN(C)C(=O)Cc2ccccc2[N+](=O)[O-])cc1. The van der Waals surface area contributed by atoms with Gasteiger partial charge in [0, 0.05) is 18.7 Å². The number of likely N-dealkylation sites (N-methyl/N-ethyl adjacent to an activating group) is 1. The highest BCUT2D eigenvalue weighted by Gasteiger charge is 2.17. The Bertz CT molecular complexity index is 731. The molecule has 0 bridgehead atoms. The lowest BCUT2D eigenvalue weighted by molar-refractivity contribution is -0.385. The van der Waals surface area contributed by atoms with Gasteiger partial charge in [0.25, 0.3) is 5.69 Å². The summed E-state index contributed by atoms with van der Waals surface area (Å²) < 4.78 is 10.7. The molecule has 132 valence electrons. The van der Waals surface area contributed by atoms with Crippen molar-refractivity contribution >= 4 is 11.6 Å². The summed E-state index contributed by atoms with van der Waals surface area (Å²) >= 11 is 0. The lowest BCUT2D eigenvalue weighted by atomic mass is 10.1. The smallest absolute Gasteiger partial charge is 0.273 e. The molecule has 0 heterocycles. The topological polar surface area (TPSA) is 81.9 Å². The molecule has 0 spiro atoms. The van der Waals surface area contributed by atoms with Crippen LogP contribution >= 0.6 is 0 Å². The highest BCUT2D eigenvalue weighted by atomic mass is 16.6. The van der Waals surface area contributed by atoms with Gasteiger partial charge in [0.1, 0.15) is 18.1 Å². The summed E-state index contributed by atoms with van der Waals surface area (Å²) in [6, 6.07) is 13.4. The lowest BCUT2D eigenvalue weighted by Gasteiger charge is -2.17. The van der Waals surface area contributed by atoms with Crippen LogP contribution in [0.3, 0.4) is 0 Å². The van der Waals surface area contributed by atoms with Gasteiger partial charge in [-0.1, -0.05) is 18.2 Å². The van der Waals surface area contributed by atoms with Gasteiger partial charge in [-0.25, -0.2) is 0 Å². The fraction of sp³-hybridized carbons (Fsp3) is 0.278. The van der Waals surface area contributed by atoms with Gasteiger partial charge >= 0.3 is 0 Å². The van der Waals surface area contributed by atoms with Crippen LogP contribution in [-0.4, -0.2) is 43.0 Å². The average molecular weight is 344 g/mol. The molecular weight excluding hydrogens is 324 g/mol. The number of methoxy groups -OCH3 is 1. The van der Waals surface area contributed by atoms with Crippen LogP contribution < -0.4 is 9.47 Å². The average Bonchev–Trinajstić information content (AvgIpc) is 2.62. The molecule has 2 aromatic rings. The van der Waals surface area contributed by atoms with E-state index in [4.69, 9.17) is 9.47 Å². The first-order chi connectivity index (χ1) is 12.0. The van der Waals surface area contributed by atoms with Crippen molar-refractivity contribution in [3.05, 3.63) is 64.2 Å². The van der Waals surface area contributed by atoms with Crippen LogP contribution in [0.5, 0.6) is 11.5 Å². The quantitative estimate of drug-likeness (QED) is 0.543. The monoisotopic (exact) mass is 344 g/mol. The molecular formula is C18H20N2O5. The molecule has 0 N–H and O–H groups in total. The molecule has 0 saturated carbocycles. The van der Waals surface area contributed by atoms with E-state index in [1.807, 2.05) is 0 Å². The van der Waals surface area contributed by atoms with Crippen molar-refractivity contribution in [2.45, 2.75) is 6.42 Å². The van der Waals surface area contributed by atoms with Crippen LogP contribution in [0.2, 0.25) is 0 Å². The largest absolute Gasteiger partial charge is 0.497 e. The maximum Gasteiger partial charge on any atom is 0.273 e. The Morgan fingerprint density at radius 1 is 1.12 bits per heavy atom. The molecule has 2 rings (SSSR count). The molecule has 0 aliphatic heterocycles. The van der Waals surface area contributed by atoms with Gasteiger partial charge in [-0.05, 0) is 24.3 Å². The number of nitro benzene ring substituents is 1. The van der Waals surface area contributed by atoms with Gasteiger partial charge in [0.05, 0.1) is 25.0 Å². The van der Waals surface area contributed by atoms with Gasteiger partial charge in [0.2, 0.25) is 5.91 Å². The zero-order valence-corrected chi connectivity index (χ0v) is 14.2. The minimum Gasteiger partial charge on any atom is -0.497 e. The van der Waals surface area contributed by atoms with Gasteiger partial charge in [0.15, 0.2) is 0 Å². The number of rotatable bonds is 8. The first-order valence-electron chi connectivity index (χ1n) is 7.74. The van der Waals surface area contributed by atoms with Crippen molar-refractivity contribution in [1.82, 2.24) is 4.90 Å². The maximum absolute atomic E-state index is 12.2. The normalized spacial score (nSPS) is 10.2.